The lowest BCUT2D eigenvalue weighted by Crippen LogP contribution is -2.31. The molecule has 1 atom stereocenters. The summed E-state index contributed by atoms with van der Waals surface area (Å²) >= 11 is 0. The number of Topliss-reactive ketones (excluding diaryl/α,β-unsaturated/α-hetero) is 1. The Labute approximate surface area is 141 Å². The number of anilines is 2. The van der Waals surface area contributed by atoms with Gasteiger partial charge < -0.3 is 15.1 Å². The van der Waals surface area contributed by atoms with Gasteiger partial charge >= 0.3 is 0 Å². The van der Waals surface area contributed by atoms with Gasteiger partial charge in [-0.05, 0) is 48.6 Å². The summed E-state index contributed by atoms with van der Waals surface area (Å²) in [5, 5.41) is 7.05. The van der Waals surface area contributed by atoms with Gasteiger partial charge in [-0.1, -0.05) is 19.9 Å². The van der Waals surface area contributed by atoms with E-state index < -0.39 is 0 Å². The van der Waals surface area contributed by atoms with Crippen LogP contribution in [0.5, 0.6) is 0 Å². The van der Waals surface area contributed by atoms with Crippen LogP contribution in [0.1, 0.15) is 44.1 Å². The monoisotopic (exact) mass is 322 g/mol. The zero-order valence-electron chi connectivity index (χ0n) is 14.3. The third-order valence-corrected chi connectivity index (χ3v) is 4.80. The molecule has 2 N–H and O–H groups in total. The number of hydrogen-bond donors (Lipinski definition) is 2. The molecule has 2 heterocycles. The van der Waals surface area contributed by atoms with Gasteiger partial charge in [-0.2, -0.15) is 0 Å². The van der Waals surface area contributed by atoms with E-state index >= 15 is 0 Å². The van der Waals surface area contributed by atoms with E-state index in [-0.39, 0.29) is 17.2 Å². The maximum Gasteiger partial charge on any atom is 0.163 e. The Kier molecular flexibility index (Phi) is 3.30. The number of rotatable bonds is 1. The third kappa shape index (κ3) is 2.52. The number of furan rings is 1. The van der Waals surface area contributed by atoms with Crippen molar-refractivity contribution in [2.24, 2.45) is 5.41 Å². The molecule has 0 fully saturated rings. The summed E-state index contributed by atoms with van der Waals surface area (Å²) in [4.78, 5) is 12.9. The zero-order chi connectivity index (χ0) is 16.9. The summed E-state index contributed by atoms with van der Waals surface area (Å²) in [5.41, 5.74) is 4.95. The number of fused-ring (bicyclic) bond motifs is 1. The summed E-state index contributed by atoms with van der Waals surface area (Å²) < 4.78 is 5.65. The average molecular weight is 322 g/mol. The van der Waals surface area contributed by atoms with Crippen LogP contribution in [0.4, 0.5) is 11.4 Å². The molecule has 2 aliphatic rings. The van der Waals surface area contributed by atoms with Crippen LogP contribution in [0.2, 0.25) is 0 Å². The molecular weight excluding hydrogens is 300 g/mol. The highest BCUT2D eigenvalue weighted by Crippen LogP contribution is 2.45. The average Bonchev–Trinajstić information content (AvgIpc) is 2.96. The minimum atomic E-state index is -0.255. The number of nitrogens with one attached hydrogen (secondary N) is 2. The zero-order valence-corrected chi connectivity index (χ0v) is 14.3. The van der Waals surface area contributed by atoms with Crippen molar-refractivity contribution in [1.29, 1.82) is 0 Å². The topological polar surface area (TPSA) is 54.3 Å². The molecule has 0 spiro atoms. The summed E-state index contributed by atoms with van der Waals surface area (Å²) in [6, 6.07) is 9.79. The molecule has 1 aromatic heterocycles. The molecule has 0 radical (unpaired) electrons. The van der Waals surface area contributed by atoms with Crippen molar-refractivity contribution < 1.29 is 9.21 Å². The summed E-state index contributed by atoms with van der Waals surface area (Å²) in [7, 11) is 0. The van der Waals surface area contributed by atoms with Crippen LogP contribution in [-0.2, 0) is 4.79 Å². The molecular formula is C20H22N2O2. The summed E-state index contributed by atoms with van der Waals surface area (Å²) in [6.45, 7) is 6.36. The number of aryl methyl sites for hydroxylation is 1. The van der Waals surface area contributed by atoms with E-state index in [1.807, 2.05) is 12.1 Å². The molecule has 0 saturated carbocycles. The molecule has 4 rings (SSSR count). The van der Waals surface area contributed by atoms with E-state index in [9.17, 15) is 4.79 Å². The van der Waals surface area contributed by atoms with Crippen molar-refractivity contribution in [3.05, 3.63) is 59.2 Å². The third-order valence-electron chi connectivity index (χ3n) is 4.80. The molecule has 1 aromatic carbocycles. The second-order valence-corrected chi connectivity index (χ2v) is 7.60. The lowest BCUT2D eigenvalue weighted by molar-refractivity contribution is -0.118. The van der Waals surface area contributed by atoms with Crippen LogP contribution < -0.4 is 10.6 Å². The van der Waals surface area contributed by atoms with Gasteiger partial charge in [0.25, 0.3) is 0 Å². The highest BCUT2D eigenvalue weighted by atomic mass is 16.3. The Morgan fingerprint density at radius 2 is 2.00 bits per heavy atom. The smallest absolute Gasteiger partial charge is 0.163 e. The van der Waals surface area contributed by atoms with E-state index in [1.54, 1.807) is 6.26 Å². The second kappa shape index (κ2) is 5.26. The van der Waals surface area contributed by atoms with Crippen molar-refractivity contribution in [3.63, 3.8) is 0 Å². The van der Waals surface area contributed by atoms with Gasteiger partial charge in [-0.3, -0.25) is 4.79 Å². The molecule has 24 heavy (non-hydrogen) atoms. The Balaban J connectivity index is 1.89. The van der Waals surface area contributed by atoms with E-state index in [1.165, 1.54) is 5.56 Å². The molecule has 4 nitrogen and oxygen atoms in total. The number of benzene rings is 1. The first-order chi connectivity index (χ1) is 11.4. The first kappa shape index (κ1) is 15.1. The first-order valence-corrected chi connectivity index (χ1v) is 8.37. The number of carbonyl (C=O) groups excluding carboxylic acids is 1. The van der Waals surface area contributed by atoms with Gasteiger partial charge in [-0.25, -0.2) is 0 Å². The Morgan fingerprint density at radius 3 is 2.75 bits per heavy atom. The molecule has 0 unspecified atom stereocenters. The van der Waals surface area contributed by atoms with Gasteiger partial charge in [0.1, 0.15) is 11.8 Å². The maximum atomic E-state index is 12.9. The van der Waals surface area contributed by atoms with Crippen LogP contribution in [0.15, 0.2) is 52.3 Å². The Morgan fingerprint density at radius 1 is 1.17 bits per heavy atom. The van der Waals surface area contributed by atoms with Crippen LogP contribution in [0, 0.1) is 12.3 Å². The summed E-state index contributed by atoms with van der Waals surface area (Å²) in [5.74, 6) is 0.957. The van der Waals surface area contributed by atoms with Crippen LogP contribution in [0.25, 0.3) is 0 Å². The lowest BCUT2D eigenvalue weighted by atomic mass is 9.74. The van der Waals surface area contributed by atoms with Crippen molar-refractivity contribution in [3.8, 4) is 0 Å². The molecule has 2 aromatic rings. The van der Waals surface area contributed by atoms with Gasteiger partial charge in [0.2, 0.25) is 0 Å². The molecule has 4 heteroatoms. The fourth-order valence-electron chi connectivity index (χ4n) is 3.73. The van der Waals surface area contributed by atoms with Crippen LogP contribution in [0.3, 0.4) is 0 Å². The van der Waals surface area contributed by atoms with E-state index in [4.69, 9.17) is 4.42 Å². The maximum absolute atomic E-state index is 12.9. The van der Waals surface area contributed by atoms with Crippen LogP contribution >= 0.6 is 0 Å². The molecule has 0 saturated heterocycles. The highest BCUT2D eigenvalue weighted by Gasteiger charge is 2.39. The molecule has 1 aliphatic heterocycles. The van der Waals surface area contributed by atoms with Crippen molar-refractivity contribution >= 4 is 17.2 Å². The van der Waals surface area contributed by atoms with Gasteiger partial charge in [0.05, 0.1) is 17.6 Å². The van der Waals surface area contributed by atoms with Gasteiger partial charge in [-0.15, -0.1) is 0 Å². The van der Waals surface area contributed by atoms with Crippen molar-refractivity contribution in [2.75, 3.05) is 10.6 Å². The Bertz CT molecular complexity index is 831. The first-order valence-electron chi connectivity index (χ1n) is 8.37. The van der Waals surface area contributed by atoms with Crippen molar-refractivity contribution in [2.45, 2.75) is 39.7 Å². The summed E-state index contributed by atoms with van der Waals surface area (Å²) in [6.07, 6.45) is 3.06. The number of allylic oxidation sites excluding steroid dienone is 1. The quantitative estimate of drug-likeness (QED) is 0.791. The van der Waals surface area contributed by atoms with Gasteiger partial charge in [0, 0.05) is 17.7 Å². The predicted octanol–water partition coefficient (Wildman–Crippen LogP) is 4.81. The minimum absolute atomic E-state index is 0.0359. The fourth-order valence-corrected chi connectivity index (χ4v) is 3.73. The normalized spacial score (nSPS) is 22.1. The standard InChI is InChI=1S/C20H22N2O2/c1-12-6-7-13-14(9-12)22-19(17-5-4-8-24-17)18-15(21-13)10-20(2,3)11-16(18)23/h4-9,19,21-22H,10-11H2,1-3H3/t19-/m0/s1. The SMILES string of the molecule is Cc1ccc2c(c1)N[C@@H](c1ccco1)C1=C(CC(C)(C)CC1=O)N2. The minimum Gasteiger partial charge on any atom is -0.467 e. The number of carbonyl (C=O) groups is 1. The molecule has 1 aliphatic carbocycles. The number of hydrogen-bond acceptors (Lipinski definition) is 4. The van der Waals surface area contributed by atoms with E-state index in [0.717, 1.165) is 34.8 Å². The Hall–Kier alpha value is -2.49. The fraction of sp³-hybridized carbons (Fsp3) is 0.350. The lowest BCUT2D eigenvalue weighted by Gasteiger charge is -2.33. The van der Waals surface area contributed by atoms with E-state index in [0.29, 0.717) is 6.42 Å². The van der Waals surface area contributed by atoms with Gasteiger partial charge in [0.15, 0.2) is 5.78 Å². The second-order valence-electron chi connectivity index (χ2n) is 7.60. The van der Waals surface area contributed by atoms with Crippen LogP contribution in [-0.4, -0.2) is 5.78 Å². The molecule has 0 amide bonds. The van der Waals surface area contributed by atoms with Crippen molar-refractivity contribution in [1.82, 2.24) is 0 Å². The highest BCUT2D eigenvalue weighted by molar-refractivity contribution is 6.01. The number of ketones is 1. The largest absolute Gasteiger partial charge is 0.467 e. The molecule has 124 valence electrons. The molecule has 0 bridgehead atoms. The van der Waals surface area contributed by atoms with E-state index in [2.05, 4.69) is 49.6 Å². The predicted molar refractivity (Wildman–Crippen MR) is 94.9 cm³/mol.